The van der Waals surface area contributed by atoms with E-state index < -0.39 is 5.60 Å². The van der Waals surface area contributed by atoms with E-state index in [-0.39, 0.29) is 5.91 Å². The highest BCUT2D eigenvalue weighted by Gasteiger charge is 2.47. The second kappa shape index (κ2) is 6.94. The van der Waals surface area contributed by atoms with Crippen molar-refractivity contribution >= 4 is 5.91 Å². The van der Waals surface area contributed by atoms with Gasteiger partial charge in [-0.25, -0.2) is 4.98 Å². The topological polar surface area (TPSA) is 60.3 Å². The molecule has 3 aliphatic rings. The molecule has 1 saturated heterocycles. The lowest BCUT2D eigenvalue weighted by atomic mass is 9.83. The molecule has 1 aliphatic carbocycles. The SMILES string of the molecule is Cc1cncc(C(=O)N2CCC3(CC2)Oc2ccccc2-c2ncn(CC4CC4)c23)c1. The van der Waals surface area contributed by atoms with E-state index >= 15 is 0 Å². The first-order valence-corrected chi connectivity index (χ1v) is 11.2. The first-order chi connectivity index (χ1) is 15.1. The zero-order valence-electron chi connectivity index (χ0n) is 17.8. The van der Waals surface area contributed by atoms with Crippen LogP contribution in [0.5, 0.6) is 5.75 Å². The Hall–Kier alpha value is -3.15. The minimum atomic E-state index is -0.434. The van der Waals surface area contributed by atoms with Crippen LogP contribution in [0.4, 0.5) is 0 Å². The van der Waals surface area contributed by atoms with Crippen LogP contribution in [0.15, 0.2) is 49.1 Å². The average molecular weight is 415 g/mol. The Balaban J connectivity index is 1.32. The van der Waals surface area contributed by atoms with Crippen molar-refractivity contribution in [3.05, 3.63) is 65.9 Å². The van der Waals surface area contributed by atoms with Crippen LogP contribution in [-0.4, -0.2) is 38.4 Å². The average Bonchev–Trinajstić information content (AvgIpc) is 3.50. The fourth-order valence-electron chi connectivity index (χ4n) is 5.05. The van der Waals surface area contributed by atoms with Crippen LogP contribution in [0.2, 0.25) is 0 Å². The second-order valence-electron chi connectivity index (χ2n) is 9.17. The molecule has 0 atom stereocenters. The van der Waals surface area contributed by atoms with E-state index in [0.717, 1.165) is 47.9 Å². The summed E-state index contributed by atoms with van der Waals surface area (Å²) < 4.78 is 9.05. The summed E-state index contributed by atoms with van der Waals surface area (Å²) in [5.41, 5.74) is 4.54. The molecule has 1 saturated carbocycles. The number of imidazole rings is 1. The van der Waals surface area contributed by atoms with Gasteiger partial charge in [-0.05, 0) is 49.4 Å². The molecular weight excluding hydrogens is 388 g/mol. The minimum absolute atomic E-state index is 0.0500. The highest BCUT2D eigenvalue weighted by molar-refractivity contribution is 5.94. The molecule has 1 spiro atoms. The maximum Gasteiger partial charge on any atom is 0.255 e. The van der Waals surface area contributed by atoms with Gasteiger partial charge in [0.05, 0.1) is 23.3 Å². The van der Waals surface area contributed by atoms with Gasteiger partial charge in [-0.15, -0.1) is 0 Å². The first kappa shape index (κ1) is 18.6. The Kier molecular flexibility index (Phi) is 4.16. The van der Waals surface area contributed by atoms with E-state index in [1.165, 1.54) is 18.5 Å². The van der Waals surface area contributed by atoms with Crippen LogP contribution in [0.1, 0.15) is 47.3 Å². The number of aromatic nitrogens is 3. The fourth-order valence-corrected chi connectivity index (χ4v) is 5.05. The number of ether oxygens (including phenoxy) is 1. The number of hydrogen-bond donors (Lipinski definition) is 0. The van der Waals surface area contributed by atoms with Crippen molar-refractivity contribution in [2.24, 2.45) is 5.92 Å². The summed E-state index contributed by atoms with van der Waals surface area (Å²) in [6.45, 7) is 4.28. The summed E-state index contributed by atoms with van der Waals surface area (Å²) in [4.78, 5) is 24.0. The highest BCUT2D eigenvalue weighted by atomic mass is 16.5. The number of fused-ring (bicyclic) bond motifs is 4. The molecule has 6 nitrogen and oxygen atoms in total. The molecule has 0 N–H and O–H groups in total. The van der Waals surface area contributed by atoms with Crippen LogP contribution in [-0.2, 0) is 12.1 Å². The molecule has 2 fully saturated rings. The zero-order valence-corrected chi connectivity index (χ0v) is 17.8. The molecule has 0 radical (unpaired) electrons. The number of para-hydroxylation sites is 1. The normalized spacial score (nSPS) is 18.9. The molecule has 1 aromatic carbocycles. The molecule has 0 unspecified atom stereocenters. The van der Waals surface area contributed by atoms with Crippen LogP contribution in [0.3, 0.4) is 0 Å². The second-order valence-corrected chi connectivity index (χ2v) is 9.17. The standard InChI is InChI=1S/C25H26N4O2/c1-17-12-19(14-26-13-17)24(30)28-10-8-25(9-11-28)23-22(20-4-2-3-5-21(20)31-25)27-16-29(23)15-18-6-7-18/h2-5,12-14,16,18H,6-11,15H2,1H3. The molecule has 0 bridgehead atoms. The van der Waals surface area contributed by atoms with Gasteiger partial charge in [0.2, 0.25) is 0 Å². The van der Waals surface area contributed by atoms with Gasteiger partial charge in [0.15, 0.2) is 5.60 Å². The molecule has 6 rings (SSSR count). The number of benzene rings is 1. The third kappa shape index (κ3) is 3.12. The molecule has 4 heterocycles. The number of carbonyl (C=O) groups is 1. The van der Waals surface area contributed by atoms with Crippen molar-refractivity contribution in [1.82, 2.24) is 19.4 Å². The minimum Gasteiger partial charge on any atom is -0.480 e. The smallest absolute Gasteiger partial charge is 0.255 e. The van der Waals surface area contributed by atoms with Gasteiger partial charge in [0.25, 0.3) is 5.91 Å². The predicted octanol–water partition coefficient (Wildman–Crippen LogP) is 4.19. The highest BCUT2D eigenvalue weighted by Crippen LogP contribution is 2.49. The van der Waals surface area contributed by atoms with E-state index in [4.69, 9.17) is 9.72 Å². The van der Waals surface area contributed by atoms with E-state index in [2.05, 4.69) is 15.6 Å². The van der Waals surface area contributed by atoms with Crippen molar-refractivity contribution in [2.75, 3.05) is 13.1 Å². The Morgan fingerprint density at radius 1 is 1.19 bits per heavy atom. The van der Waals surface area contributed by atoms with Crippen molar-refractivity contribution in [1.29, 1.82) is 0 Å². The number of piperidine rings is 1. The van der Waals surface area contributed by atoms with Crippen LogP contribution in [0.25, 0.3) is 11.3 Å². The fraction of sp³-hybridized carbons (Fsp3) is 0.400. The van der Waals surface area contributed by atoms with E-state index in [1.54, 1.807) is 12.4 Å². The van der Waals surface area contributed by atoms with E-state index in [9.17, 15) is 4.79 Å². The Bertz CT molecular complexity index is 1160. The number of carbonyl (C=O) groups excluding carboxylic acids is 1. The van der Waals surface area contributed by atoms with Crippen molar-refractivity contribution < 1.29 is 9.53 Å². The van der Waals surface area contributed by atoms with Gasteiger partial charge in [0.1, 0.15) is 5.75 Å². The maximum absolute atomic E-state index is 13.1. The van der Waals surface area contributed by atoms with Gasteiger partial charge in [-0.1, -0.05) is 12.1 Å². The summed E-state index contributed by atoms with van der Waals surface area (Å²) in [6, 6.07) is 10.1. The van der Waals surface area contributed by atoms with Crippen LogP contribution >= 0.6 is 0 Å². The molecule has 2 aliphatic heterocycles. The Morgan fingerprint density at radius 3 is 2.77 bits per heavy atom. The van der Waals surface area contributed by atoms with Crippen LogP contribution < -0.4 is 4.74 Å². The number of pyridine rings is 1. The predicted molar refractivity (Wildman–Crippen MR) is 117 cm³/mol. The quantitative estimate of drug-likeness (QED) is 0.645. The summed E-state index contributed by atoms with van der Waals surface area (Å²) in [5.74, 6) is 1.70. The molecule has 158 valence electrons. The summed E-state index contributed by atoms with van der Waals surface area (Å²) >= 11 is 0. The molecule has 6 heteroatoms. The molecule has 31 heavy (non-hydrogen) atoms. The third-order valence-corrected chi connectivity index (χ3v) is 6.85. The number of rotatable bonds is 3. The van der Waals surface area contributed by atoms with Gasteiger partial charge in [-0.3, -0.25) is 9.78 Å². The van der Waals surface area contributed by atoms with Crippen molar-refractivity contribution in [3.63, 3.8) is 0 Å². The monoisotopic (exact) mass is 414 g/mol. The Labute approximate surface area is 181 Å². The number of nitrogens with zero attached hydrogens (tertiary/aromatic N) is 4. The van der Waals surface area contributed by atoms with Crippen LogP contribution in [0, 0.1) is 12.8 Å². The molecule has 3 aromatic rings. The maximum atomic E-state index is 13.1. The zero-order chi connectivity index (χ0) is 21.0. The van der Waals surface area contributed by atoms with Gasteiger partial charge in [-0.2, -0.15) is 0 Å². The summed E-state index contributed by atoms with van der Waals surface area (Å²) in [6.07, 6.45) is 9.54. The van der Waals surface area contributed by atoms with E-state index in [1.807, 2.05) is 42.4 Å². The Morgan fingerprint density at radius 2 is 2.00 bits per heavy atom. The van der Waals surface area contributed by atoms with Crippen molar-refractivity contribution in [3.8, 4) is 17.0 Å². The first-order valence-electron chi connectivity index (χ1n) is 11.2. The molecular formula is C25H26N4O2. The number of aryl methyl sites for hydroxylation is 1. The number of hydrogen-bond acceptors (Lipinski definition) is 4. The summed E-state index contributed by atoms with van der Waals surface area (Å²) in [5, 5.41) is 0. The van der Waals surface area contributed by atoms with E-state index in [0.29, 0.717) is 18.7 Å². The van der Waals surface area contributed by atoms with Gasteiger partial charge in [0, 0.05) is 50.4 Å². The lowest BCUT2D eigenvalue weighted by molar-refractivity contribution is -0.00744. The lowest BCUT2D eigenvalue weighted by Crippen LogP contribution is -2.50. The third-order valence-electron chi connectivity index (χ3n) is 6.85. The van der Waals surface area contributed by atoms with Crippen molar-refractivity contribution in [2.45, 2.75) is 44.8 Å². The van der Waals surface area contributed by atoms with Gasteiger partial charge >= 0.3 is 0 Å². The lowest BCUT2D eigenvalue weighted by Gasteiger charge is -2.44. The molecule has 2 aromatic heterocycles. The number of amides is 1. The molecule has 1 amide bonds. The summed E-state index contributed by atoms with van der Waals surface area (Å²) in [7, 11) is 0. The number of likely N-dealkylation sites (tertiary alicyclic amines) is 1. The van der Waals surface area contributed by atoms with Gasteiger partial charge < -0.3 is 14.2 Å². The largest absolute Gasteiger partial charge is 0.480 e.